The molecular formula is C10H19NO5S2. The Hall–Kier alpha value is -0.760. The van der Waals surface area contributed by atoms with Crippen molar-refractivity contribution >= 4 is 33.5 Å². The van der Waals surface area contributed by atoms with Crippen LogP contribution in [-0.4, -0.2) is 54.0 Å². The van der Waals surface area contributed by atoms with E-state index in [0.29, 0.717) is 5.75 Å². The maximum absolute atomic E-state index is 11.7. The Labute approximate surface area is 111 Å². The first-order valence-electron chi connectivity index (χ1n) is 5.35. The van der Waals surface area contributed by atoms with Gasteiger partial charge in [-0.25, -0.2) is 8.42 Å². The molecule has 0 radical (unpaired) electrons. The summed E-state index contributed by atoms with van der Waals surface area (Å²) in [5, 5.41) is 10.8. The number of amides is 1. The number of rotatable bonds is 7. The monoisotopic (exact) mass is 297 g/mol. The summed E-state index contributed by atoms with van der Waals surface area (Å²) in [6, 6.07) is 0. The Morgan fingerprint density at radius 3 is 2.28 bits per heavy atom. The fourth-order valence-electron chi connectivity index (χ4n) is 0.862. The highest BCUT2D eigenvalue weighted by Crippen LogP contribution is 2.15. The van der Waals surface area contributed by atoms with Crippen LogP contribution in [0.3, 0.4) is 0 Å². The zero-order valence-corrected chi connectivity index (χ0v) is 12.4. The second-order valence-corrected chi connectivity index (χ2v) is 8.52. The van der Waals surface area contributed by atoms with E-state index in [0.717, 1.165) is 11.8 Å². The zero-order chi connectivity index (χ0) is 14.4. The van der Waals surface area contributed by atoms with Crippen molar-refractivity contribution in [2.45, 2.75) is 25.5 Å². The third kappa shape index (κ3) is 6.85. The van der Waals surface area contributed by atoms with E-state index in [9.17, 15) is 18.0 Å². The maximum atomic E-state index is 11.7. The normalized spacial score (nSPS) is 12.2. The predicted molar refractivity (Wildman–Crippen MR) is 71.5 cm³/mol. The van der Waals surface area contributed by atoms with E-state index in [4.69, 9.17) is 5.11 Å². The van der Waals surface area contributed by atoms with Crippen molar-refractivity contribution in [2.75, 3.05) is 23.8 Å². The molecule has 0 spiro atoms. The minimum absolute atomic E-state index is 0.0316. The lowest BCUT2D eigenvalue weighted by atomic mass is 10.3. The Balaban J connectivity index is 3.96. The van der Waals surface area contributed by atoms with Gasteiger partial charge in [0.1, 0.15) is 5.75 Å². The topological polar surface area (TPSA) is 101 Å². The van der Waals surface area contributed by atoms with Gasteiger partial charge >= 0.3 is 5.97 Å². The van der Waals surface area contributed by atoms with Crippen molar-refractivity contribution in [2.24, 2.45) is 0 Å². The van der Waals surface area contributed by atoms with Crippen LogP contribution in [0.4, 0.5) is 0 Å². The number of nitrogens with one attached hydrogen (secondary N) is 1. The molecule has 0 aromatic rings. The fraction of sp³-hybridized carbons (Fsp3) is 0.800. The first kappa shape index (κ1) is 17.2. The molecule has 0 bridgehead atoms. The van der Waals surface area contributed by atoms with Gasteiger partial charge < -0.3 is 10.4 Å². The molecule has 106 valence electrons. The lowest BCUT2D eigenvalue weighted by molar-refractivity contribution is -0.133. The molecule has 2 N–H and O–H groups in total. The summed E-state index contributed by atoms with van der Waals surface area (Å²) < 4.78 is 22.4. The Morgan fingerprint density at radius 2 is 1.83 bits per heavy atom. The minimum Gasteiger partial charge on any atom is -0.481 e. The van der Waals surface area contributed by atoms with Crippen molar-refractivity contribution in [1.82, 2.24) is 5.32 Å². The van der Waals surface area contributed by atoms with E-state index in [1.54, 1.807) is 20.8 Å². The summed E-state index contributed by atoms with van der Waals surface area (Å²) in [4.78, 5) is 21.6. The molecule has 0 fully saturated rings. The van der Waals surface area contributed by atoms with Crippen molar-refractivity contribution < 1.29 is 23.1 Å². The van der Waals surface area contributed by atoms with Crippen LogP contribution in [0.15, 0.2) is 0 Å². The third-order valence-electron chi connectivity index (χ3n) is 2.05. The van der Waals surface area contributed by atoms with Gasteiger partial charge in [-0.2, -0.15) is 0 Å². The van der Waals surface area contributed by atoms with Crippen LogP contribution in [0.5, 0.6) is 0 Å². The smallest absolute Gasteiger partial charge is 0.313 e. The van der Waals surface area contributed by atoms with E-state index in [2.05, 4.69) is 5.32 Å². The summed E-state index contributed by atoms with van der Waals surface area (Å²) in [5.74, 6) is -1.60. The number of sulfone groups is 1. The quantitative estimate of drug-likeness (QED) is 0.648. The van der Waals surface area contributed by atoms with Crippen molar-refractivity contribution in [3.05, 3.63) is 0 Å². The van der Waals surface area contributed by atoms with E-state index >= 15 is 0 Å². The van der Waals surface area contributed by atoms with Crippen molar-refractivity contribution in [1.29, 1.82) is 0 Å². The predicted octanol–water partition coefficient (Wildman–Crippen LogP) is 0.134. The minimum atomic E-state index is -3.47. The first-order chi connectivity index (χ1) is 8.06. The molecule has 18 heavy (non-hydrogen) atoms. The van der Waals surface area contributed by atoms with Crippen LogP contribution in [0, 0.1) is 0 Å². The van der Waals surface area contributed by atoms with E-state index in [-0.39, 0.29) is 12.3 Å². The van der Waals surface area contributed by atoms with Gasteiger partial charge in [0.05, 0.1) is 10.5 Å². The van der Waals surface area contributed by atoms with Crippen LogP contribution < -0.4 is 5.32 Å². The van der Waals surface area contributed by atoms with Gasteiger partial charge in [0, 0.05) is 12.3 Å². The standard InChI is InChI=1S/C10H19NO5S2/c1-10(2,3)18(15,16)7-8(12)11-4-5-17-6-9(13)14/h4-7H2,1-3H3,(H,11,12)(H,13,14). The zero-order valence-electron chi connectivity index (χ0n) is 10.7. The van der Waals surface area contributed by atoms with Crippen LogP contribution in [0.2, 0.25) is 0 Å². The number of aliphatic carboxylic acids is 1. The second-order valence-electron chi connectivity index (χ2n) is 4.67. The number of hydrogen-bond acceptors (Lipinski definition) is 5. The molecule has 0 unspecified atom stereocenters. The van der Waals surface area contributed by atoms with E-state index < -0.39 is 32.2 Å². The Morgan fingerprint density at radius 1 is 1.28 bits per heavy atom. The average molecular weight is 297 g/mol. The SMILES string of the molecule is CC(C)(C)S(=O)(=O)CC(=O)NCCSCC(=O)O. The highest BCUT2D eigenvalue weighted by Gasteiger charge is 2.30. The molecule has 0 atom stereocenters. The summed E-state index contributed by atoms with van der Waals surface area (Å²) in [7, 11) is -3.47. The second kappa shape index (κ2) is 6.98. The number of hydrogen-bond donors (Lipinski definition) is 2. The number of thioether (sulfide) groups is 1. The molecule has 1 amide bonds. The molecule has 8 heteroatoms. The van der Waals surface area contributed by atoms with Crippen LogP contribution in [-0.2, 0) is 19.4 Å². The molecule has 0 saturated carbocycles. The summed E-state index contributed by atoms with van der Waals surface area (Å²) in [6.45, 7) is 4.88. The maximum Gasteiger partial charge on any atom is 0.313 e. The molecule has 0 aliphatic carbocycles. The van der Waals surface area contributed by atoms with Gasteiger partial charge in [0.15, 0.2) is 9.84 Å². The number of carbonyl (C=O) groups excluding carboxylic acids is 1. The van der Waals surface area contributed by atoms with Crippen molar-refractivity contribution in [3.8, 4) is 0 Å². The molecule has 0 saturated heterocycles. The molecular weight excluding hydrogens is 278 g/mol. The number of carbonyl (C=O) groups is 2. The molecule has 6 nitrogen and oxygen atoms in total. The largest absolute Gasteiger partial charge is 0.481 e. The molecule has 0 heterocycles. The van der Waals surface area contributed by atoms with Gasteiger partial charge in [0.25, 0.3) is 0 Å². The van der Waals surface area contributed by atoms with Crippen LogP contribution in [0.25, 0.3) is 0 Å². The highest BCUT2D eigenvalue weighted by atomic mass is 32.2. The highest BCUT2D eigenvalue weighted by molar-refractivity contribution is 7.99. The molecule has 0 aromatic carbocycles. The van der Waals surface area contributed by atoms with Gasteiger partial charge in [-0.3, -0.25) is 9.59 Å². The molecule has 0 aliphatic rings. The number of carboxylic acid groups (broad SMARTS) is 1. The molecule has 0 aliphatic heterocycles. The Bertz CT molecular complexity index is 397. The molecule has 0 rings (SSSR count). The Kier molecular flexibility index (Phi) is 6.69. The van der Waals surface area contributed by atoms with Gasteiger partial charge in [-0.1, -0.05) is 0 Å². The van der Waals surface area contributed by atoms with E-state index in [1.165, 1.54) is 0 Å². The van der Waals surface area contributed by atoms with Gasteiger partial charge in [-0.05, 0) is 20.8 Å². The fourth-order valence-corrected chi connectivity index (χ4v) is 2.31. The summed E-state index contributed by atoms with van der Waals surface area (Å²) >= 11 is 1.16. The molecule has 0 aromatic heterocycles. The summed E-state index contributed by atoms with van der Waals surface area (Å²) in [6.07, 6.45) is 0. The average Bonchev–Trinajstić information content (AvgIpc) is 2.13. The van der Waals surface area contributed by atoms with E-state index in [1.807, 2.05) is 0 Å². The summed E-state index contributed by atoms with van der Waals surface area (Å²) in [5.41, 5.74) is 0. The third-order valence-corrected chi connectivity index (χ3v) is 5.50. The van der Waals surface area contributed by atoms with Crippen LogP contribution in [0.1, 0.15) is 20.8 Å². The van der Waals surface area contributed by atoms with Gasteiger partial charge in [0.2, 0.25) is 5.91 Å². The lowest BCUT2D eigenvalue weighted by Gasteiger charge is -2.18. The lowest BCUT2D eigenvalue weighted by Crippen LogP contribution is -2.39. The van der Waals surface area contributed by atoms with Gasteiger partial charge in [-0.15, -0.1) is 11.8 Å². The number of carboxylic acids is 1. The first-order valence-corrected chi connectivity index (χ1v) is 8.15. The van der Waals surface area contributed by atoms with Crippen LogP contribution >= 0.6 is 11.8 Å². The van der Waals surface area contributed by atoms with Crippen molar-refractivity contribution in [3.63, 3.8) is 0 Å².